The van der Waals surface area contributed by atoms with E-state index in [1.54, 1.807) is 4.90 Å². The fourth-order valence-electron chi connectivity index (χ4n) is 2.78. The molecule has 2 aliphatic heterocycles. The summed E-state index contributed by atoms with van der Waals surface area (Å²) in [5.41, 5.74) is 1.69. The molecule has 1 N–H and O–H groups in total. The molecule has 7 nitrogen and oxygen atoms in total. The largest absolute Gasteiger partial charge is 0.378 e. The maximum atomic E-state index is 12.3. The second-order valence-corrected chi connectivity index (χ2v) is 7.46. The normalized spacial score (nSPS) is 20.0. The number of carbonyl (C=O) groups is 3. The molecule has 0 aliphatic carbocycles. The van der Waals surface area contributed by atoms with Crippen molar-refractivity contribution in [3.63, 3.8) is 0 Å². The lowest BCUT2D eigenvalue weighted by molar-refractivity contribution is -0.133. The van der Waals surface area contributed by atoms with Crippen LogP contribution < -0.4 is 5.32 Å². The van der Waals surface area contributed by atoms with Crippen molar-refractivity contribution < 1.29 is 19.1 Å². The van der Waals surface area contributed by atoms with E-state index in [-0.39, 0.29) is 30.6 Å². The van der Waals surface area contributed by atoms with Gasteiger partial charge in [0.1, 0.15) is 5.25 Å². The third-order valence-electron chi connectivity index (χ3n) is 4.24. The van der Waals surface area contributed by atoms with Crippen LogP contribution in [0.15, 0.2) is 29.3 Å². The van der Waals surface area contributed by atoms with E-state index in [1.807, 2.05) is 31.2 Å². The number of morpholine rings is 1. The first-order valence-corrected chi connectivity index (χ1v) is 9.40. The zero-order valence-electron chi connectivity index (χ0n) is 14.6. The predicted molar refractivity (Wildman–Crippen MR) is 100 cm³/mol. The van der Waals surface area contributed by atoms with Gasteiger partial charge < -0.3 is 15.0 Å². The Morgan fingerprint density at radius 1 is 1.31 bits per heavy atom. The van der Waals surface area contributed by atoms with Crippen molar-refractivity contribution >= 4 is 40.2 Å². The third-order valence-corrected chi connectivity index (χ3v) is 5.41. The topological polar surface area (TPSA) is 88.1 Å². The molecular weight excluding hydrogens is 354 g/mol. The second-order valence-electron chi connectivity index (χ2n) is 6.19. The monoisotopic (exact) mass is 375 g/mol. The van der Waals surface area contributed by atoms with Crippen LogP contribution >= 0.6 is 11.8 Å². The van der Waals surface area contributed by atoms with Gasteiger partial charge in [-0.2, -0.15) is 0 Å². The van der Waals surface area contributed by atoms with Crippen LogP contribution in [0.1, 0.15) is 18.4 Å². The maximum absolute atomic E-state index is 12.3. The molecule has 0 aromatic heterocycles. The van der Waals surface area contributed by atoms with E-state index in [2.05, 4.69) is 10.3 Å². The first-order chi connectivity index (χ1) is 12.5. The Labute approximate surface area is 156 Å². The lowest BCUT2D eigenvalue weighted by Gasteiger charge is -2.26. The van der Waals surface area contributed by atoms with Gasteiger partial charge in [-0.15, -0.1) is 0 Å². The van der Waals surface area contributed by atoms with E-state index in [0.29, 0.717) is 31.3 Å². The van der Waals surface area contributed by atoms with E-state index in [0.717, 1.165) is 11.3 Å². The van der Waals surface area contributed by atoms with Crippen molar-refractivity contribution in [2.24, 2.45) is 4.99 Å². The third kappa shape index (κ3) is 4.70. The minimum absolute atomic E-state index is 0.0383. The minimum atomic E-state index is -0.563. The Kier molecular flexibility index (Phi) is 6.05. The number of hydrogen-bond donors (Lipinski definition) is 1. The van der Waals surface area contributed by atoms with Gasteiger partial charge in [0.2, 0.25) is 11.8 Å². The van der Waals surface area contributed by atoms with E-state index in [9.17, 15) is 14.4 Å². The van der Waals surface area contributed by atoms with Crippen molar-refractivity contribution in [1.82, 2.24) is 4.90 Å². The van der Waals surface area contributed by atoms with Crippen LogP contribution in [0, 0.1) is 6.92 Å². The quantitative estimate of drug-likeness (QED) is 0.845. The number of aliphatic imine (C=N–C) groups is 1. The molecule has 0 radical (unpaired) electrons. The van der Waals surface area contributed by atoms with Gasteiger partial charge in [0.15, 0.2) is 0 Å². The standard InChI is InChI=1S/C18H21N3O4S/c1-12-4-2-3-5-13(12)19-15(22)10-14-18(24)20-16(26-14)11-17(23)21-6-8-25-9-7-21/h2-5,14H,6-11H2,1H3,(H,19,22)/t14-/m0/s1. The van der Waals surface area contributed by atoms with Gasteiger partial charge in [0.25, 0.3) is 5.91 Å². The molecule has 3 amide bonds. The van der Waals surface area contributed by atoms with Crippen LogP contribution in [0.5, 0.6) is 0 Å². The molecule has 26 heavy (non-hydrogen) atoms. The SMILES string of the molecule is Cc1ccccc1NC(=O)C[C@@H]1SC(CC(=O)N2CCOCC2)=NC1=O. The van der Waals surface area contributed by atoms with Gasteiger partial charge in [-0.25, -0.2) is 4.99 Å². The van der Waals surface area contributed by atoms with Gasteiger partial charge in [0, 0.05) is 25.2 Å². The molecule has 0 bridgehead atoms. The Balaban J connectivity index is 1.50. The van der Waals surface area contributed by atoms with Crippen LogP contribution in [-0.2, 0) is 19.1 Å². The number of rotatable bonds is 5. The molecule has 1 fully saturated rings. The molecule has 1 saturated heterocycles. The minimum Gasteiger partial charge on any atom is -0.378 e. The van der Waals surface area contributed by atoms with Crippen molar-refractivity contribution in [2.75, 3.05) is 31.6 Å². The fourth-order valence-corrected chi connectivity index (χ4v) is 3.85. The highest BCUT2D eigenvalue weighted by Crippen LogP contribution is 2.28. The Morgan fingerprint density at radius 2 is 2.04 bits per heavy atom. The number of anilines is 1. The van der Waals surface area contributed by atoms with Crippen molar-refractivity contribution in [3.05, 3.63) is 29.8 Å². The Bertz CT molecular complexity index is 744. The number of nitrogens with zero attached hydrogens (tertiary/aromatic N) is 2. The number of benzene rings is 1. The van der Waals surface area contributed by atoms with Crippen LogP contribution in [0.3, 0.4) is 0 Å². The number of para-hydroxylation sites is 1. The van der Waals surface area contributed by atoms with E-state index in [4.69, 9.17) is 4.74 Å². The molecule has 3 rings (SSSR count). The van der Waals surface area contributed by atoms with Crippen molar-refractivity contribution in [2.45, 2.75) is 25.0 Å². The van der Waals surface area contributed by atoms with Crippen molar-refractivity contribution in [1.29, 1.82) is 0 Å². The number of thioether (sulfide) groups is 1. The van der Waals surface area contributed by atoms with Crippen LogP contribution in [0.25, 0.3) is 0 Å². The second kappa shape index (κ2) is 8.46. The van der Waals surface area contributed by atoms with Gasteiger partial charge in [-0.3, -0.25) is 14.4 Å². The lowest BCUT2D eigenvalue weighted by atomic mass is 10.2. The number of ether oxygens (including phenoxy) is 1. The highest BCUT2D eigenvalue weighted by Gasteiger charge is 2.32. The number of nitrogens with one attached hydrogen (secondary N) is 1. The molecule has 138 valence electrons. The Hall–Kier alpha value is -2.19. The summed E-state index contributed by atoms with van der Waals surface area (Å²) in [6, 6.07) is 7.47. The summed E-state index contributed by atoms with van der Waals surface area (Å²) in [6.07, 6.45) is 0.142. The average molecular weight is 375 g/mol. The molecule has 1 atom stereocenters. The van der Waals surface area contributed by atoms with Gasteiger partial charge >= 0.3 is 0 Å². The van der Waals surface area contributed by atoms with E-state index < -0.39 is 5.25 Å². The molecule has 0 spiro atoms. The molecule has 2 heterocycles. The van der Waals surface area contributed by atoms with Crippen LogP contribution in [0.2, 0.25) is 0 Å². The lowest BCUT2D eigenvalue weighted by Crippen LogP contribution is -2.41. The summed E-state index contributed by atoms with van der Waals surface area (Å²) < 4.78 is 5.23. The number of amides is 3. The molecule has 1 aromatic carbocycles. The van der Waals surface area contributed by atoms with Gasteiger partial charge in [-0.1, -0.05) is 30.0 Å². The highest BCUT2D eigenvalue weighted by atomic mass is 32.2. The summed E-state index contributed by atoms with van der Waals surface area (Å²) in [5.74, 6) is -0.641. The predicted octanol–water partition coefficient (Wildman–Crippen LogP) is 1.61. The number of hydrogen-bond acceptors (Lipinski definition) is 5. The summed E-state index contributed by atoms with van der Waals surface area (Å²) in [6.45, 7) is 4.10. The summed E-state index contributed by atoms with van der Waals surface area (Å²) in [5, 5.41) is 2.74. The number of aryl methyl sites for hydroxylation is 1. The molecule has 2 aliphatic rings. The van der Waals surface area contributed by atoms with Crippen molar-refractivity contribution in [3.8, 4) is 0 Å². The molecular formula is C18H21N3O4S. The van der Waals surface area contributed by atoms with Gasteiger partial charge in [0.05, 0.1) is 24.7 Å². The first kappa shape index (κ1) is 18.6. The van der Waals surface area contributed by atoms with Crippen LogP contribution in [0.4, 0.5) is 5.69 Å². The zero-order chi connectivity index (χ0) is 18.5. The average Bonchev–Trinajstić information content (AvgIpc) is 2.96. The van der Waals surface area contributed by atoms with E-state index in [1.165, 1.54) is 11.8 Å². The fraction of sp³-hybridized carbons (Fsp3) is 0.444. The maximum Gasteiger partial charge on any atom is 0.260 e. The van der Waals surface area contributed by atoms with Crippen LogP contribution in [-0.4, -0.2) is 59.2 Å². The molecule has 0 unspecified atom stereocenters. The summed E-state index contributed by atoms with van der Waals surface area (Å²) >= 11 is 1.22. The first-order valence-electron chi connectivity index (χ1n) is 8.52. The van der Waals surface area contributed by atoms with E-state index >= 15 is 0 Å². The number of carbonyl (C=O) groups excluding carboxylic acids is 3. The molecule has 0 saturated carbocycles. The highest BCUT2D eigenvalue weighted by molar-refractivity contribution is 8.15. The summed E-state index contributed by atoms with van der Waals surface area (Å²) in [4.78, 5) is 42.2. The molecule has 8 heteroatoms. The summed E-state index contributed by atoms with van der Waals surface area (Å²) in [7, 11) is 0. The molecule has 1 aromatic rings. The van der Waals surface area contributed by atoms with Gasteiger partial charge in [-0.05, 0) is 18.6 Å². The smallest absolute Gasteiger partial charge is 0.260 e. The zero-order valence-corrected chi connectivity index (χ0v) is 15.4. The Morgan fingerprint density at radius 3 is 2.77 bits per heavy atom.